The minimum atomic E-state index is 0.118. The highest BCUT2D eigenvalue weighted by Crippen LogP contribution is 2.25. The van der Waals surface area contributed by atoms with E-state index in [1.54, 1.807) is 12.4 Å². The average molecular weight is 401 g/mol. The zero-order valence-corrected chi connectivity index (χ0v) is 17.2. The Hall–Kier alpha value is -1.99. The van der Waals surface area contributed by atoms with Gasteiger partial charge in [0.25, 0.3) is 0 Å². The van der Waals surface area contributed by atoms with Gasteiger partial charge in [-0.2, -0.15) is 0 Å². The van der Waals surface area contributed by atoms with Crippen LogP contribution in [0.5, 0.6) is 0 Å². The fourth-order valence-corrected chi connectivity index (χ4v) is 4.85. The third kappa shape index (κ3) is 5.14. The first-order chi connectivity index (χ1) is 14.2. The number of hydrogen-bond donors (Lipinski definition) is 0. The molecule has 0 radical (unpaired) electrons. The van der Waals surface area contributed by atoms with Crippen LogP contribution in [0.4, 0.5) is 0 Å². The highest BCUT2D eigenvalue weighted by atomic mass is 16.5. The normalized spacial score (nSPS) is 24.5. The Bertz CT molecular complexity index is 685. The summed E-state index contributed by atoms with van der Waals surface area (Å²) in [6.07, 6.45) is 8.00. The van der Waals surface area contributed by atoms with Crippen molar-refractivity contribution in [2.75, 3.05) is 52.5 Å². The van der Waals surface area contributed by atoms with Crippen LogP contribution in [0.15, 0.2) is 24.5 Å². The molecule has 0 spiro atoms. The van der Waals surface area contributed by atoms with E-state index in [0.29, 0.717) is 31.6 Å². The maximum absolute atomic E-state index is 12.9. The molecule has 1 aromatic heterocycles. The Balaban J connectivity index is 1.25. The van der Waals surface area contributed by atoms with E-state index in [9.17, 15) is 9.59 Å². The summed E-state index contributed by atoms with van der Waals surface area (Å²) in [7, 11) is 0. The Morgan fingerprint density at radius 1 is 1.03 bits per heavy atom. The number of ether oxygens (including phenoxy) is 1. The number of morpholine rings is 1. The van der Waals surface area contributed by atoms with E-state index in [0.717, 1.165) is 70.5 Å². The Morgan fingerprint density at radius 3 is 2.55 bits per heavy atom. The van der Waals surface area contributed by atoms with Crippen molar-refractivity contribution in [1.29, 1.82) is 0 Å². The fraction of sp³-hybridized carbons (Fsp3) is 0.682. The van der Waals surface area contributed by atoms with Gasteiger partial charge in [0, 0.05) is 51.2 Å². The molecule has 4 heterocycles. The van der Waals surface area contributed by atoms with Crippen molar-refractivity contribution in [3.8, 4) is 0 Å². The number of nitrogens with zero attached hydrogens (tertiary/aromatic N) is 4. The number of rotatable bonds is 4. The van der Waals surface area contributed by atoms with Gasteiger partial charge in [0.2, 0.25) is 11.8 Å². The number of carbonyl (C=O) groups excluding carboxylic acids is 2. The Labute approximate surface area is 173 Å². The van der Waals surface area contributed by atoms with E-state index < -0.39 is 0 Å². The molecule has 0 aromatic carbocycles. The molecule has 3 aliphatic rings. The standard InChI is InChI=1S/C22H32N4O3/c27-21(15-18-3-1-7-23-16-18)24-9-5-20(6-10-24)26-8-2-4-19(17-26)22(28)25-11-13-29-14-12-25/h1,3,7,16,19-20H,2,4-6,8-15,17H2/t19-/m0/s1. The first kappa shape index (κ1) is 20.3. The molecule has 0 bridgehead atoms. The van der Waals surface area contributed by atoms with E-state index in [-0.39, 0.29) is 11.8 Å². The molecule has 0 aliphatic carbocycles. The number of piperidine rings is 2. The van der Waals surface area contributed by atoms with E-state index in [2.05, 4.69) is 9.88 Å². The number of amides is 2. The van der Waals surface area contributed by atoms with E-state index in [4.69, 9.17) is 4.74 Å². The number of aromatic nitrogens is 1. The smallest absolute Gasteiger partial charge is 0.227 e. The van der Waals surface area contributed by atoms with Gasteiger partial charge >= 0.3 is 0 Å². The molecule has 1 atom stereocenters. The molecule has 29 heavy (non-hydrogen) atoms. The second-order valence-corrected chi connectivity index (χ2v) is 8.42. The second kappa shape index (κ2) is 9.67. The maximum Gasteiger partial charge on any atom is 0.227 e. The zero-order valence-electron chi connectivity index (χ0n) is 17.2. The van der Waals surface area contributed by atoms with E-state index in [1.165, 1.54) is 0 Å². The van der Waals surface area contributed by atoms with Crippen molar-refractivity contribution < 1.29 is 14.3 Å². The predicted octanol–water partition coefficient (Wildman–Crippen LogP) is 1.19. The molecule has 4 rings (SSSR count). The summed E-state index contributed by atoms with van der Waals surface area (Å²) >= 11 is 0. The van der Waals surface area contributed by atoms with Gasteiger partial charge < -0.3 is 14.5 Å². The summed E-state index contributed by atoms with van der Waals surface area (Å²) in [5, 5.41) is 0. The van der Waals surface area contributed by atoms with Crippen LogP contribution in [-0.4, -0.2) is 90.0 Å². The lowest BCUT2D eigenvalue weighted by atomic mass is 9.92. The lowest BCUT2D eigenvalue weighted by Gasteiger charge is -2.43. The van der Waals surface area contributed by atoms with Gasteiger partial charge in [-0.3, -0.25) is 19.5 Å². The SMILES string of the molecule is O=C(Cc1cccnc1)N1CCC(N2CCC[C@H](C(=O)N3CCOCC3)C2)CC1. The number of carbonyl (C=O) groups is 2. The molecular formula is C22H32N4O3. The average Bonchev–Trinajstić information content (AvgIpc) is 2.80. The van der Waals surface area contributed by atoms with Crippen molar-refractivity contribution in [3.63, 3.8) is 0 Å². The number of likely N-dealkylation sites (tertiary alicyclic amines) is 2. The summed E-state index contributed by atoms with van der Waals surface area (Å²) in [5.41, 5.74) is 0.972. The van der Waals surface area contributed by atoms with Crippen LogP contribution in [0.3, 0.4) is 0 Å². The number of pyridine rings is 1. The molecule has 3 aliphatic heterocycles. The van der Waals surface area contributed by atoms with Crippen LogP contribution in [0, 0.1) is 5.92 Å². The fourth-order valence-electron chi connectivity index (χ4n) is 4.85. The minimum absolute atomic E-state index is 0.118. The van der Waals surface area contributed by atoms with Crippen LogP contribution in [-0.2, 0) is 20.7 Å². The molecule has 3 saturated heterocycles. The van der Waals surface area contributed by atoms with E-state index in [1.807, 2.05) is 21.9 Å². The summed E-state index contributed by atoms with van der Waals surface area (Å²) in [6, 6.07) is 4.31. The first-order valence-corrected chi connectivity index (χ1v) is 11.0. The quantitative estimate of drug-likeness (QED) is 0.760. The zero-order chi connectivity index (χ0) is 20.1. The molecule has 7 nitrogen and oxygen atoms in total. The monoisotopic (exact) mass is 400 g/mol. The van der Waals surface area contributed by atoms with Gasteiger partial charge in [-0.05, 0) is 43.9 Å². The molecule has 2 amide bonds. The molecule has 7 heteroatoms. The lowest BCUT2D eigenvalue weighted by Crippen LogP contribution is -2.53. The van der Waals surface area contributed by atoms with Crippen molar-refractivity contribution in [2.45, 2.75) is 38.1 Å². The highest BCUT2D eigenvalue weighted by molar-refractivity contribution is 5.79. The van der Waals surface area contributed by atoms with Gasteiger partial charge in [0.15, 0.2) is 0 Å². The second-order valence-electron chi connectivity index (χ2n) is 8.42. The van der Waals surface area contributed by atoms with Crippen molar-refractivity contribution >= 4 is 11.8 Å². The Morgan fingerprint density at radius 2 is 1.83 bits per heavy atom. The van der Waals surface area contributed by atoms with Crippen LogP contribution in [0.25, 0.3) is 0 Å². The third-order valence-corrected chi connectivity index (χ3v) is 6.54. The molecule has 3 fully saturated rings. The molecule has 0 saturated carbocycles. The van der Waals surface area contributed by atoms with Gasteiger partial charge in [-0.25, -0.2) is 0 Å². The summed E-state index contributed by atoms with van der Waals surface area (Å²) in [6.45, 7) is 6.33. The van der Waals surface area contributed by atoms with Crippen molar-refractivity contribution in [2.24, 2.45) is 5.92 Å². The van der Waals surface area contributed by atoms with E-state index >= 15 is 0 Å². The van der Waals surface area contributed by atoms with Crippen LogP contribution in [0.2, 0.25) is 0 Å². The highest BCUT2D eigenvalue weighted by Gasteiger charge is 2.34. The molecule has 0 N–H and O–H groups in total. The predicted molar refractivity (Wildman–Crippen MR) is 109 cm³/mol. The van der Waals surface area contributed by atoms with Gasteiger partial charge in [0.1, 0.15) is 0 Å². The molecular weight excluding hydrogens is 368 g/mol. The van der Waals surface area contributed by atoms with Crippen LogP contribution < -0.4 is 0 Å². The molecule has 1 aromatic rings. The summed E-state index contributed by atoms with van der Waals surface area (Å²) < 4.78 is 5.38. The Kier molecular flexibility index (Phi) is 6.77. The third-order valence-electron chi connectivity index (χ3n) is 6.54. The van der Waals surface area contributed by atoms with Gasteiger partial charge in [-0.1, -0.05) is 6.07 Å². The van der Waals surface area contributed by atoms with Gasteiger partial charge in [0.05, 0.1) is 25.6 Å². The first-order valence-electron chi connectivity index (χ1n) is 11.0. The van der Waals surface area contributed by atoms with Crippen molar-refractivity contribution in [1.82, 2.24) is 19.7 Å². The molecule has 0 unspecified atom stereocenters. The lowest BCUT2D eigenvalue weighted by molar-refractivity contribution is -0.142. The van der Waals surface area contributed by atoms with Crippen LogP contribution >= 0.6 is 0 Å². The summed E-state index contributed by atoms with van der Waals surface area (Å²) in [5.74, 6) is 0.615. The van der Waals surface area contributed by atoms with Gasteiger partial charge in [-0.15, -0.1) is 0 Å². The topological polar surface area (TPSA) is 66.0 Å². The molecule has 158 valence electrons. The summed E-state index contributed by atoms with van der Waals surface area (Å²) in [4.78, 5) is 36.1. The van der Waals surface area contributed by atoms with Crippen LogP contribution in [0.1, 0.15) is 31.2 Å². The number of hydrogen-bond acceptors (Lipinski definition) is 5. The largest absolute Gasteiger partial charge is 0.378 e. The minimum Gasteiger partial charge on any atom is -0.378 e. The van der Waals surface area contributed by atoms with Crippen molar-refractivity contribution in [3.05, 3.63) is 30.1 Å². The maximum atomic E-state index is 12.9.